The number of alkyl halides is 3. The molecule has 0 aliphatic heterocycles. The zero-order valence-electron chi connectivity index (χ0n) is 36.2. The number of aryl methyl sites for hydroxylation is 1. The molecule has 4 atom stereocenters. The van der Waals surface area contributed by atoms with Crippen molar-refractivity contribution in [1.29, 1.82) is 0 Å². The van der Waals surface area contributed by atoms with Crippen LogP contribution in [0.4, 0.5) is 18.9 Å². The Kier molecular flexibility index (Phi) is 21.8. The minimum atomic E-state index is -5.08. The Morgan fingerprint density at radius 1 is 0.681 bits per heavy atom. The van der Waals surface area contributed by atoms with E-state index in [1.165, 1.54) is 12.1 Å². The Labute approximate surface area is 387 Å². The van der Waals surface area contributed by atoms with Crippen LogP contribution in [0.5, 0.6) is 0 Å². The molecule has 3 aromatic rings. The van der Waals surface area contributed by atoms with Crippen LogP contribution in [0.3, 0.4) is 0 Å². The number of rotatable bonds is 25. The molecule has 0 saturated heterocycles. The van der Waals surface area contributed by atoms with E-state index in [2.05, 4.69) is 37.2 Å². The van der Waals surface area contributed by atoms with Gasteiger partial charge in [0.15, 0.2) is 0 Å². The third-order valence-corrected chi connectivity index (χ3v) is 9.41. The molecule has 0 unspecified atom stereocenters. The van der Waals surface area contributed by atoms with Crippen LogP contribution in [0, 0.1) is 19.3 Å². The van der Waals surface area contributed by atoms with Gasteiger partial charge in [0.25, 0.3) is 11.5 Å². The standard InChI is InChI=1S/C40H45N7O15.C2HF3O2/c1-3-18-47(20-22-4-9-26-25(19-22)36(54)42-21(2)41-26)24-7-5-23(6-8-24)35(53)46-30(40(61)62)12-16-33(50)44-28(38(57)58)10-14-31(48)43-27(37(55)56)11-15-32(49)45-29(39(59)60)13-17-34(51)52;3-2(4,5)1(6)7/h1,4-9,19,27-30H,10-18,20H2,2H3,(H,43,48)(H,44,50)(H,45,49)(H,46,53)(H,51,52)(H,55,56)(H,57,58)(H,59,60)(H,61,62)(H,41,42,54);(H,6,7)/t27-,28-,29-,30-;/m0./s1. The molecule has 0 radical (unpaired) electrons. The largest absolute Gasteiger partial charge is 0.490 e. The van der Waals surface area contributed by atoms with Crippen molar-refractivity contribution in [2.75, 3.05) is 11.4 Å². The van der Waals surface area contributed by atoms with Gasteiger partial charge in [0.1, 0.15) is 30.0 Å². The van der Waals surface area contributed by atoms with E-state index in [1.54, 1.807) is 37.3 Å². The number of fused-ring (bicyclic) bond motifs is 1. The van der Waals surface area contributed by atoms with Crippen LogP contribution < -0.4 is 31.7 Å². The van der Waals surface area contributed by atoms with E-state index < -0.39 is 141 Å². The van der Waals surface area contributed by atoms with E-state index in [0.29, 0.717) is 29.0 Å². The molecule has 3 rings (SSSR count). The maximum Gasteiger partial charge on any atom is 0.490 e. The summed E-state index contributed by atoms with van der Waals surface area (Å²) in [5.41, 5.74) is 1.68. The smallest absolute Gasteiger partial charge is 0.481 e. The summed E-state index contributed by atoms with van der Waals surface area (Å²) in [7, 11) is 0. The second-order valence-electron chi connectivity index (χ2n) is 14.7. The Hall–Kier alpha value is -8.57. The number of nitrogens with one attached hydrogen (secondary N) is 5. The topological polar surface area (TPSA) is 389 Å². The average molecular weight is 978 g/mol. The Morgan fingerprint density at radius 2 is 1.10 bits per heavy atom. The van der Waals surface area contributed by atoms with Gasteiger partial charge in [-0.3, -0.25) is 28.8 Å². The number of anilines is 1. The van der Waals surface area contributed by atoms with E-state index in [4.69, 9.17) is 21.4 Å². The first-order valence-electron chi connectivity index (χ1n) is 20.1. The fraction of sp³-hybridized carbons (Fsp3) is 0.381. The molecule has 0 bridgehead atoms. The van der Waals surface area contributed by atoms with E-state index in [0.717, 1.165) is 5.56 Å². The van der Waals surface area contributed by atoms with Crippen LogP contribution in [0.1, 0.15) is 73.1 Å². The molecule has 0 aliphatic rings. The molecule has 0 spiro atoms. The van der Waals surface area contributed by atoms with Gasteiger partial charge < -0.3 is 61.8 Å². The first kappa shape index (κ1) is 56.6. The molecule has 2 aromatic carbocycles. The van der Waals surface area contributed by atoms with Crippen LogP contribution in [0.2, 0.25) is 0 Å². The lowest BCUT2D eigenvalue weighted by Gasteiger charge is -2.23. The molecule has 69 heavy (non-hydrogen) atoms. The molecule has 1 aromatic heterocycles. The quantitative estimate of drug-likeness (QED) is 0.0518. The van der Waals surface area contributed by atoms with Crippen molar-refractivity contribution >= 4 is 76.0 Å². The summed E-state index contributed by atoms with van der Waals surface area (Å²) in [5, 5.41) is 62.9. The summed E-state index contributed by atoms with van der Waals surface area (Å²) in [4.78, 5) is 138. The van der Waals surface area contributed by atoms with Crippen molar-refractivity contribution in [2.24, 2.45) is 0 Å². The molecule has 11 N–H and O–H groups in total. The van der Waals surface area contributed by atoms with Gasteiger partial charge in [0.05, 0.1) is 17.4 Å². The molecule has 1 heterocycles. The highest BCUT2D eigenvalue weighted by Gasteiger charge is 2.38. The molecule has 0 fully saturated rings. The number of carbonyl (C=O) groups is 10. The van der Waals surface area contributed by atoms with Gasteiger partial charge in [0, 0.05) is 43.5 Å². The van der Waals surface area contributed by atoms with E-state index in [-0.39, 0.29) is 17.7 Å². The highest BCUT2D eigenvalue weighted by Crippen LogP contribution is 2.20. The normalized spacial score (nSPS) is 12.5. The Bertz CT molecular complexity index is 2510. The first-order chi connectivity index (χ1) is 32.2. The number of benzene rings is 2. The van der Waals surface area contributed by atoms with Crippen LogP contribution >= 0.6 is 0 Å². The second-order valence-corrected chi connectivity index (χ2v) is 14.7. The average Bonchev–Trinajstić information content (AvgIpc) is 3.26. The maximum atomic E-state index is 13.0. The lowest BCUT2D eigenvalue weighted by atomic mass is 10.1. The number of terminal acetylenes is 1. The number of halogens is 3. The highest BCUT2D eigenvalue weighted by atomic mass is 19.4. The Balaban J connectivity index is 0.00000216. The van der Waals surface area contributed by atoms with Crippen LogP contribution in [-0.2, 0) is 49.7 Å². The lowest BCUT2D eigenvalue weighted by molar-refractivity contribution is -0.192. The maximum absolute atomic E-state index is 13.0. The van der Waals surface area contributed by atoms with Crippen molar-refractivity contribution < 1.29 is 91.8 Å². The minimum Gasteiger partial charge on any atom is -0.481 e. The third kappa shape index (κ3) is 19.8. The number of aromatic nitrogens is 2. The Morgan fingerprint density at radius 3 is 1.49 bits per heavy atom. The number of aliphatic carboxylic acids is 6. The van der Waals surface area contributed by atoms with E-state index >= 15 is 0 Å². The van der Waals surface area contributed by atoms with Crippen LogP contribution in [0.25, 0.3) is 10.9 Å². The summed E-state index contributed by atoms with van der Waals surface area (Å²) < 4.78 is 31.7. The van der Waals surface area contributed by atoms with Crippen molar-refractivity contribution in [1.82, 2.24) is 31.2 Å². The number of hydrogen-bond acceptors (Lipinski definition) is 13. The lowest BCUT2D eigenvalue weighted by Crippen LogP contribution is -2.45. The number of carbonyl (C=O) groups excluding carboxylic acids is 4. The molecule has 27 heteroatoms. The number of H-pyrrole nitrogens is 1. The number of carboxylic acid groups (broad SMARTS) is 6. The van der Waals surface area contributed by atoms with Gasteiger partial charge in [-0.05, 0) is 74.6 Å². The molecular weight excluding hydrogens is 931 g/mol. The third-order valence-electron chi connectivity index (χ3n) is 9.41. The monoisotopic (exact) mass is 977 g/mol. The van der Waals surface area contributed by atoms with Gasteiger partial charge in [-0.2, -0.15) is 13.2 Å². The zero-order chi connectivity index (χ0) is 52.2. The summed E-state index contributed by atoms with van der Waals surface area (Å²) in [5.74, 6) is -10.8. The minimum absolute atomic E-state index is 0.0706. The van der Waals surface area contributed by atoms with Crippen molar-refractivity contribution in [2.45, 2.75) is 95.2 Å². The van der Waals surface area contributed by atoms with Crippen molar-refractivity contribution in [3.05, 3.63) is 69.8 Å². The molecule has 0 saturated carbocycles. The summed E-state index contributed by atoms with van der Waals surface area (Å²) in [6.45, 7) is 2.13. The number of nitrogens with zero attached hydrogens (tertiary/aromatic N) is 2. The SMILES string of the molecule is C#CCN(Cc1ccc2nc(C)[nH]c(=O)c2c1)c1ccc(C(=O)N[C@@H](CCC(=O)N[C@@H](CCC(=O)N[C@@H](CCC(=O)N[C@@H](CCC(=O)O)C(=O)O)C(=O)O)C(=O)O)C(=O)O)cc1.O=C(O)C(F)(F)F. The van der Waals surface area contributed by atoms with Crippen molar-refractivity contribution in [3.8, 4) is 12.3 Å². The number of carboxylic acids is 6. The molecule has 4 amide bonds. The number of hydrogen-bond donors (Lipinski definition) is 11. The fourth-order valence-corrected chi connectivity index (χ4v) is 5.96. The predicted octanol–water partition coefficient (Wildman–Crippen LogP) is 0.601. The summed E-state index contributed by atoms with van der Waals surface area (Å²) in [6.07, 6.45) is -3.73. The van der Waals surface area contributed by atoms with Gasteiger partial charge in [-0.25, -0.2) is 29.0 Å². The molecular formula is C42H46F3N7O17. The van der Waals surface area contributed by atoms with E-state index in [1.807, 2.05) is 4.90 Å². The predicted molar refractivity (Wildman–Crippen MR) is 229 cm³/mol. The van der Waals surface area contributed by atoms with Crippen LogP contribution in [-0.4, -0.2) is 137 Å². The summed E-state index contributed by atoms with van der Waals surface area (Å²) >= 11 is 0. The van der Waals surface area contributed by atoms with Crippen LogP contribution in [0.15, 0.2) is 47.3 Å². The van der Waals surface area contributed by atoms with Gasteiger partial charge in [0.2, 0.25) is 17.7 Å². The molecule has 24 nitrogen and oxygen atoms in total. The first-order valence-corrected chi connectivity index (χ1v) is 20.1. The zero-order valence-corrected chi connectivity index (χ0v) is 36.2. The van der Waals surface area contributed by atoms with Crippen molar-refractivity contribution in [3.63, 3.8) is 0 Å². The van der Waals surface area contributed by atoms with Gasteiger partial charge in [-0.15, -0.1) is 6.42 Å². The highest BCUT2D eigenvalue weighted by molar-refractivity contribution is 5.97. The van der Waals surface area contributed by atoms with E-state index in [9.17, 15) is 81.5 Å². The van der Waals surface area contributed by atoms with Gasteiger partial charge >= 0.3 is 42.0 Å². The summed E-state index contributed by atoms with van der Waals surface area (Å²) in [6, 6.07) is 4.82. The molecule has 0 aliphatic carbocycles. The fourth-order valence-electron chi connectivity index (χ4n) is 5.96. The van der Waals surface area contributed by atoms with Gasteiger partial charge in [-0.1, -0.05) is 12.0 Å². The number of aromatic amines is 1. The number of amides is 4. The second kappa shape index (κ2) is 26.5. The molecule has 372 valence electrons.